The van der Waals surface area contributed by atoms with Crippen LogP contribution in [0.5, 0.6) is 0 Å². The fourth-order valence-electron chi connectivity index (χ4n) is 3.26. The second kappa shape index (κ2) is 5.92. The first-order valence-electron chi connectivity index (χ1n) is 8.19. The summed E-state index contributed by atoms with van der Waals surface area (Å²) >= 11 is 1.66. The Morgan fingerprint density at radius 1 is 1.30 bits per heavy atom. The minimum atomic E-state index is 0.0194. The SMILES string of the molecule is Nc1nc2c(c(C(=O)N(Cc3ccsc3)C3CC3)n1)CCCC2. The van der Waals surface area contributed by atoms with E-state index in [0.29, 0.717) is 18.3 Å². The van der Waals surface area contributed by atoms with Crippen LogP contribution in [-0.2, 0) is 19.4 Å². The maximum absolute atomic E-state index is 13.2. The number of aromatic nitrogens is 2. The van der Waals surface area contributed by atoms with Crippen molar-refractivity contribution in [1.82, 2.24) is 14.9 Å². The predicted molar refractivity (Wildman–Crippen MR) is 90.3 cm³/mol. The summed E-state index contributed by atoms with van der Waals surface area (Å²) in [6, 6.07) is 2.43. The van der Waals surface area contributed by atoms with Gasteiger partial charge in [0.05, 0.1) is 0 Å². The van der Waals surface area contributed by atoms with Gasteiger partial charge in [0.2, 0.25) is 5.95 Å². The van der Waals surface area contributed by atoms with Gasteiger partial charge in [-0.05, 0) is 60.9 Å². The average Bonchev–Trinajstić information content (AvgIpc) is 3.27. The van der Waals surface area contributed by atoms with E-state index in [4.69, 9.17) is 5.73 Å². The number of carbonyl (C=O) groups excluding carboxylic acids is 1. The lowest BCUT2D eigenvalue weighted by atomic mass is 9.94. The van der Waals surface area contributed by atoms with Crippen molar-refractivity contribution in [2.75, 3.05) is 5.73 Å². The summed E-state index contributed by atoms with van der Waals surface area (Å²) in [6.45, 7) is 0.658. The third-order valence-corrected chi connectivity index (χ3v) is 5.32. The number of nitrogens with two attached hydrogens (primary N) is 1. The number of hydrogen-bond acceptors (Lipinski definition) is 5. The molecule has 0 saturated heterocycles. The number of thiophene rings is 1. The number of carbonyl (C=O) groups is 1. The van der Waals surface area contributed by atoms with E-state index in [1.807, 2.05) is 4.90 Å². The normalized spacial score (nSPS) is 16.9. The topological polar surface area (TPSA) is 72.1 Å². The van der Waals surface area contributed by atoms with E-state index < -0.39 is 0 Å². The van der Waals surface area contributed by atoms with Crippen molar-refractivity contribution in [2.24, 2.45) is 0 Å². The van der Waals surface area contributed by atoms with Gasteiger partial charge in [-0.15, -0.1) is 0 Å². The molecule has 0 aromatic carbocycles. The lowest BCUT2D eigenvalue weighted by Crippen LogP contribution is -2.34. The van der Waals surface area contributed by atoms with Gasteiger partial charge in [-0.2, -0.15) is 11.3 Å². The van der Waals surface area contributed by atoms with Gasteiger partial charge in [0, 0.05) is 23.8 Å². The van der Waals surface area contributed by atoms with Crippen molar-refractivity contribution in [3.8, 4) is 0 Å². The smallest absolute Gasteiger partial charge is 0.273 e. The van der Waals surface area contributed by atoms with Gasteiger partial charge in [0.25, 0.3) is 5.91 Å². The molecule has 5 nitrogen and oxygen atoms in total. The summed E-state index contributed by atoms with van der Waals surface area (Å²) in [5.41, 5.74) is 9.57. The molecule has 4 rings (SSSR count). The third-order valence-electron chi connectivity index (χ3n) is 4.58. The molecule has 1 saturated carbocycles. The summed E-state index contributed by atoms with van der Waals surface area (Å²) in [4.78, 5) is 23.8. The standard InChI is InChI=1S/C17H20N4OS/c18-17-19-14-4-2-1-3-13(14)15(20-17)16(22)21(12-5-6-12)9-11-7-8-23-10-11/h7-8,10,12H,1-6,9H2,(H2,18,19,20). The summed E-state index contributed by atoms with van der Waals surface area (Å²) in [5, 5.41) is 4.15. The van der Waals surface area contributed by atoms with E-state index in [9.17, 15) is 4.79 Å². The third kappa shape index (κ3) is 2.95. The van der Waals surface area contributed by atoms with Crippen LogP contribution in [0.4, 0.5) is 5.95 Å². The molecule has 0 unspecified atom stereocenters. The number of rotatable bonds is 4. The molecule has 2 heterocycles. The lowest BCUT2D eigenvalue weighted by molar-refractivity contribution is 0.0722. The number of nitrogens with zero attached hydrogens (tertiary/aromatic N) is 3. The number of aryl methyl sites for hydroxylation is 1. The molecule has 120 valence electrons. The van der Waals surface area contributed by atoms with Crippen molar-refractivity contribution in [3.05, 3.63) is 39.3 Å². The highest BCUT2D eigenvalue weighted by atomic mass is 32.1. The predicted octanol–water partition coefficient (Wildman–Crippen LogP) is 2.80. The van der Waals surface area contributed by atoms with Crippen LogP contribution in [0.15, 0.2) is 16.8 Å². The van der Waals surface area contributed by atoms with E-state index >= 15 is 0 Å². The Balaban J connectivity index is 1.68. The zero-order valence-corrected chi connectivity index (χ0v) is 13.8. The minimum Gasteiger partial charge on any atom is -0.368 e. The maximum atomic E-state index is 13.2. The van der Waals surface area contributed by atoms with Crippen LogP contribution < -0.4 is 5.73 Å². The van der Waals surface area contributed by atoms with Crippen molar-refractivity contribution in [3.63, 3.8) is 0 Å². The molecule has 0 aliphatic heterocycles. The molecule has 23 heavy (non-hydrogen) atoms. The van der Waals surface area contributed by atoms with Gasteiger partial charge < -0.3 is 10.6 Å². The number of hydrogen-bond donors (Lipinski definition) is 1. The Hall–Kier alpha value is -1.95. The molecule has 0 bridgehead atoms. The monoisotopic (exact) mass is 328 g/mol. The summed E-state index contributed by atoms with van der Waals surface area (Å²) in [5.74, 6) is 0.242. The van der Waals surface area contributed by atoms with Gasteiger partial charge in [-0.1, -0.05) is 0 Å². The number of amides is 1. The Bertz CT molecular complexity index is 724. The second-order valence-electron chi connectivity index (χ2n) is 6.36. The molecular weight excluding hydrogens is 308 g/mol. The highest BCUT2D eigenvalue weighted by Gasteiger charge is 2.35. The summed E-state index contributed by atoms with van der Waals surface area (Å²) in [7, 11) is 0. The van der Waals surface area contributed by atoms with Crippen LogP contribution in [0.3, 0.4) is 0 Å². The molecule has 1 fully saturated rings. The molecular formula is C17H20N4OS. The molecule has 1 amide bonds. The van der Waals surface area contributed by atoms with Crippen molar-refractivity contribution >= 4 is 23.2 Å². The summed E-state index contributed by atoms with van der Waals surface area (Å²) < 4.78 is 0. The zero-order chi connectivity index (χ0) is 15.8. The van der Waals surface area contributed by atoms with Crippen molar-refractivity contribution in [1.29, 1.82) is 0 Å². The first-order valence-corrected chi connectivity index (χ1v) is 9.14. The highest BCUT2D eigenvalue weighted by Crippen LogP contribution is 2.32. The minimum absolute atomic E-state index is 0.0194. The second-order valence-corrected chi connectivity index (χ2v) is 7.14. The molecule has 6 heteroatoms. The number of nitrogen functional groups attached to an aromatic ring is 1. The fourth-order valence-corrected chi connectivity index (χ4v) is 3.92. The lowest BCUT2D eigenvalue weighted by Gasteiger charge is -2.24. The van der Waals surface area contributed by atoms with Crippen LogP contribution in [0.25, 0.3) is 0 Å². The van der Waals surface area contributed by atoms with Crippen LogP contribution in [0.1, 0.15) is 53.0 Å². The van der Waals surface area contributed by atoms with Crippen molar-refractivity contribution in [2.45, 2.75) is 51.1 Å². The van der Waals surface area contributed by atoms with E-state index in [-0.39, 0.29) is 11.9 Å². The first-order chi connectivity index (χ1) is 11.2. The molecule has 2 aliphatic carbocycles. The van der Waals surface area contributed by atoms with Crippen LogP contribution in [-0.4, -0.2) is 26.8 Å². The highest BCUT2D eigenvalue weighted by molar-refractivity contribution is 7.07. The molecule has 0 radical (unpaired) electrons. The molecule has 2 N–H and O–H groups in total. The van der Waals surface area contributed by atoms with E-state index in [1.165, 1.54) is 5.56 Å². The van der Waals surface area contributed by atoms with E-state index in [1.54, 1.807) is 11.3 Å². The average molecular weight is 328 g/mol. The molecule has 2 aromatic heterocycles. The van der Waals surface area contributed by atoms with Gasteiger partial charge in [0.15, 0.2) is 0 Å². The quantitative estimate of drug-likeness (QED) is 0.937. The Kier molecular flexibility index (Phi) is 3.77. The largest absolute Gasteiger partial charge is 0.368 e. The Labute approximate surface area is 139 Å². The molecule has 0 spiro atoms. The van der Waals surface area contributed by atoms with Crippen molar-refractivity contribution < 1.29 is 4.79 Å². The van der Waals surface area contributed by atoms with Gasteiger partial charge in [-0.25, -0.2) is 9.97 Å². The fraction of sp³-hybridized carbons (Fsp3) is 0.471. The van der Waals surface area contributed by atoms with Gasteiger partial charge in [0.1, 0.15) is 5.69 Å². The van der Waals surface area contributed by atoms with Crippen LogP contribution in [0.2, 0.25) is 0 Å². The number of anilines is 1. The Morgan fingerprint density at radius 3 is 2.87 bits per heavy atom. The summed E-state index contributed by atoms with van der Waals surface area (Å²) in [6.07, 6.45) is 6.15. The van der Waals surface area contributed by atoms with E-state index in [2.05, 4.69) is 26.8 Å². The maximum Gasteiger partial charge on any atom is 0.273 e. The molecule has 0 atom stereocenters. The van der Waals surface area contributed by atoms with Crippen LogP contribution >= 0.6 is 11.3 Å². The number of fused-ring (bicyclic) bond motifs is 1. The van der Waals surface area contributed by atoms with E-state index in [0.717, 1.165) is 49.8 Å². The zero-order valence-electron chi connectivity index (χ0n) is 13.0. The Morgan fingerprint density at radius 2 is 2.13 bits per heavy atom. The molecule has 2 aromatic rings. The first kappa shape index (κ1) is 14.6. The van der Waals surface area contributed by atoms with Gasteiger partial charge in [-0.3, -0.25) is 4.79 Å². The molecule has 2 aliphatic rings. The van der Waals surface area contributed by atoms with Crippen LogP contribution in [0, 0.1) is 0 Å². The van der Waals surface area contributed by atoms with Gasteiger partial charge >= 0.3 is 0 Å².